The quantitative estimate of drug-likeness (QED) is 0.539. The third kappa shape index (κ3) is 5.47. The topological polar surface area (TPSA) is 96.7 Å². The Morgan fingerprint density at radius 3 is 2.60 bits per heavy atom. The van der Waals surface area contributed by atoms with E-state index < -0.39 is 15.7 Å². The Balaban J connectivity index is 1.55. The molecule has 9 heteroatoms. The van der Waals surface area contributed by atoms with Gasteiger partial charge in [-0.3, -0.25) is 0 Å². The number of aromatic nitrogens is 1. The van der Waals surface area contributed by atoms with E-state index in [4.69, 9.17) is 9.26 Å². The average molecular weight is 501 g/mol. The van der Waals surface area contributed by atoms with Gasteiger partial charge in [-0.05, 0) is 76.1 Å². The summed E-state index contributed by atoms with van der Waals surface area (Å²) in [5.41, 5.74) is 1.89. The Bertz CT molecular complexity index is 1170. The summed E-state index contributed by atoms with van der Waals surface area (Å²) >= 11 is 0. The van der Waals surface area contributed by atoms with Gasteiger partial charge in [0.1, 0.15) is 23.8 Å². The Kier molecular flexibility index (Phi) is 7.40. The average Bonchev–Trinajstić information content (AvgIpc) is 3.47. The number of aryl methyl sites for hydroxylation is 2. The molecule has 1 fully saturated rings. The van der Waals surface area contributed by atoms with Gasteiger partial charge in [-0.15, -0.1) is 0 Å². The maximum atomic E-state index is 13.9. The minimum Gasteiger partial charge on any atom is -0.489 e. The van der Waals surface area contributed by atoms with Crippen LogP contribution in [0.1, 0.15) is 44.2 Å². The van der Waals surface area contributed by atoms with Crippen LogP contribution in [0.25, 0.3) is 0 Å². The molecule has 0 aliphatic carbocycles. The minimum absolute atomic E-state index is 0.150. The third-order valence-electron chi connectivity index (χ3n) is 6.62. The molecule has 35 heavy (non-hydrogen) atoms. The first-order chi connectivity index (χ1) is 16.6. The lowest BCUT2D eigenvalue weighted by Gasteiger charge is -2.43. The smallest absolute Gasteiger partial charge is 0.245 e. The SMILES string of the molecule is Cc1noc(C)c1COc1ccc(S(=O)(=O)N(CC(C)C)C2(C)C=CC=C(C3CCNC3)N2)cc1. The lowest BCUT2D eigenvalue weighted by Crippen LogP contribution is -2.59. The van der Waals surface area contributed by atoms with Gasteiger partial charge in [0.05, 0.1) is 16.2 Å². The molecule has 2 aromatic rings. The predicted molar refractivity (Wildman–Crippen MR) is 135 cm³/mol. The molecule has 8 nitrogen and oxygen atoms in total. The number of rotatable bonds is 9. The van der Waals surface area contributed by atoms with Crippen LogP contribution in [0.4, 0.5) is 0 Å². The number of dihydropyridines is 1. The van der Waals surface area contributed by atoms with Crippen LogP contribution in [0.5, 0.6) is 5.75 Å². The molecule has 2 atom stereocenters. The molecule has 1 saturated heterocycles. The van der Waals surface area contributed by atoms with Gasteiger partial charge in [0, 0.05) is 24.7 Å². The van der Waals surface area contributed by atoms with Gasteiger partial charge < -0.3 is 19.9 Å². The summed E-state index contributed by atoms with van der Waals surface area (Å²) in [6, 6.07) is 6.61. The number of benzene rings is 1. The highest BCUT2D eigenvalue weighted by Gasteiger charge is 2.41. The zero-order valence-corrected chi connectivity index (χ0v) is 22.0. The summed E-state index contributed by atoms with van der Waals surface area (Å²) < 4.78 is 40.4. The molecular weight excluding hydrogens is 464 g/mol. The molecule has 1 aromatic carbocycles. The van der Waals surface area contributed by atoms with Crippen LogP contribution in [0.3, 0.4) is 0 Å². The van der Waals surface area contributed by atoms with Crippen LogP contribution < -0.4 is 15.4 Å². The van der Waals surface area contributed by atoms with Crippen molar-refractivity contribution in [1.29, 1.82) is 0 Å². The largest absolute Gasteiger partial charge is 0.489 e. The van der Waals surface area contributed by atoms with E-state index in [1.165, 1.54) is 0 Å². The molecule has 0 saturated carbocycles. The molecular formula is C26H36N4O4S. The van der Waals surface area contributed by atoms with Crippen molar-refractivity contribution in [1.82, 2.24) is 20.1 Å². The highest BCUT2D eigenvalue weighted by Crippen LogP contribution is 2.31. The molecule has 1 aromatic heterocycles. The lowest BCUT2D eigenvalue weighted by molar-refractivity contribution is 0.201. The fourth-order valence-corrected chi connectivity index (χ4v) is 6.42. The Hall–Kier alpha value is -2.62. The second-order valence-electron chi connectivity index (χ2n) is 9.94. The normalized spacial score (nSPS) is 22.5. The van der Waals surface area contributed by atoms with Crippen LogP contribution in [0.2, 0.25) is 0 Å². The molecule has 2 aliphatic heterocycles. The van der Waals surface area contributed by atoms with Crippen molar-refractivity contribution >= 4 is 10.0 Å². The second kappa shape index (κ2) is 10.2. The van der Waals surface area contributed by atoms with Gasteiger partial charge in [-0.2, -0.15) is 4.31 Å². The molecule has 4 rings (SSSR count). The second-order valence-corrected chi connectivity index (χ2v) is 11.8. The van der Waals surface area contributed by atoms with E-state index in [0.29, 0.717) is 30.6 Å². The summed E-state index contributed by atoms with van der Waals surface area (Å²) in [4.78, 5) is 0.234. The number of nitrogens with one attached hydrogen (secondary N) is 2. The van der Waals surface area contributed by atoms with Gasteiger partial charge in [0.25, 0.3) is 0 Å². The standard InChI is InChI=1S/C26H36N4O4S/c1-18(2)16-30(26(5)13-6-7-25(28-26)21-12-14-27-15-21)35(31,32)23-10-8-22(9-11-23)33-17-24-19(3)29-34-20(24)4/h6-11,13,18,21,27-28H,12,14-17H2,1-5H3. The first kappa shape index (κ1) is 25.5. The fourth-order valence-electron chi connectivity index (χ4n) is 4.59. The number of nitrogens with zero attached hydrogens (tertiary/aromatic N) is 2. The molecule has 0 radical (unpaired) electrons. The van der Waals surface area contributed by atoms with Crippen LogP contribution in [-0.4, -0.2) is 43.2 Å². The zero-order valence-electron chi connectivity index (χ0n) is 21.2. The van der Waals surface area contributed by atoms with Gasteiger partial charge in [0.2, 0.25) is 10.0 Å². The maximum Gasteiger partial charge on any atom is 0.245 e. The third-order valence-corrected chi connectivity index (χ3v) is 8.60. The van der Waals surface area contributed by atoms with Crippen molar-refractivity contribution < 1.29 is 17.7 Å². The summed E-state index contributed by atoms with van der Waals surface area (Å²) in [6.07, 6.45) is 7.00. The van der Waals surface area contributed by atoms with Gasteiger partial charge in [-0.1, -0.05) is 25.1 Å². The highest BCUT2D eigenvalue weighted by molar-refractivity contribution is 7.89. The van der Waals surface area contributed by atoms with Crippen molar-refractivity contribution in [3.8, 4) is 5.75 Å². The van der Waals surface area contributed by atoms with Gasteiger partial charge in [-0.25, -0.2) is 8.42 Å². The predicted octanol–water partition coefficient (Wildman–Crippen LogP) is 3.89. The number of hydrogen-bond acceptors (Lipinski definition) is 7. The van der Waals surface area contributed by atoms with Crippen molar-refractivity contribution in [3.05, 3.63) is 65.2 Å². The van der Waals surface area contributed by atoms with E-state index in [1.807, 2.05) is 46.8 Å². The van der Waals surface area contributed by atoms with Crippen molar-refractivity contribution in [3.63, 3.8) is 0 Å². The number of sulfonamides is 1. The molecule has 2 N–H and O–H groups in total. The van der Waals surface area contributed by atoms with E-state index in [9.17, 15) is 8.42 Å². The van der Waals surface area contributed by atoms with Crippen LogP contribution in [0, 0.1) is 25.7 Å². The summed E-state index contributed by atoms with van der Waals surface area (Å²) in [5, 5.41) is 10.9. The number of ether oxygens (including phenoxy) is 1. The number of allylic oxidation sites excluding steroid dienone is 2. The van der Waals surface area contributed by atoms with Crippen molar-refractivity contribution in [2.75, 3.05) is 19.6 Å². The molecule has 190 valence electrons. The molecule has 2 unspecified atom stereocenters. The Morgan fingerprint density at radius 1 is 1.26 bits per heavy atom. The van der Waals surface area contributed by atoms with E-state index in [-0.39, 0.29) is 10.8 Å². The van der Waals surface area contributed by atoms with E-state index in [1.54, 1.807) is 28.6 Å². The molecule has 0 bridgehead atoms. The minimum atomic E-state index is -3.79. The van der Waals surface area contributed by atoms with Crippen molar-refractivity contribution in [2.45, 2.75) is 58.2 Å². The number of hydrogen-bond donors (Lipinski definition) is 2. The van der Waals surface area contributed by atoms with Crippen LogP contribution >= 0.6 is 0 Å². The van der Waals surface area contributed by atoms with Gasteiger partial charge in [0.15, 0.2) is 0 Å². The first-order valence-corrected chi connectivity index (χ1v) is 13.6. The molecule has 0 spiro atoms. The monoisotopic (exact) mass is 500 g/mol. The van der Waals surface area contributed by atoms with E-state index in [2.05, 4.69) is 21.9 Å². The summed E-state index contributed by atoms with van der Waals surface area (Å²) in [5.74, 6) is 1.81. The molecule has 2 aliphatic rings. The highest BCUT2D eigenvalue weighted by atomic mass is 32.2. The Labute approximate surface area is 208 Å². The van der Waals surface area contributed by atoms with E-state index in [0.717, 1.165) is 36.5 Å². The zero-order chi connectivity index (χ0) is 25.2. The van der Waals surface area contributed by atoms with Crippen LogP contribution in [0.15, 0.2) is 57.6 Å². The van der Waals surface area contributed by atoms with Gasteiger partial charge >= 0.3 is 0 Å². The van der Waals surface area contributed by atoms with E-state index >= 15 is 0 Å². The summed E-state index contributed by atoms with van der Waals surface area (Å²) in [7, 11) is -3.79. The molecule has 0 amide bonds. The first-order valence-electron chi connectivity index (χ1n) is 12.2. The summed E-state index contributed by atoms with van der Waals surface area (Å²) in [6.45, 7) is 12.3. The molecule has 3 heterocycles. The fraction of sp³-hybridized carbons (Fsp3) is 0.500. The maximum absolute atomic E-state index is 13.9. The Morgan fingerprint density at radius 2 is 2.00 bits per heavy atom. The lowest BCUT2D eigenvalue weighted by atomic mass is 9.98. The van der Waals surface area contributed by atoms with Crippen LogP contribution in [-0.2, 0) is 16.6 Å². The van der Waals surface area contributed by atoms with Crippen molar-refractivity contribution in [2.24, 2.45) is 11.8 Å².